The van der Waals surface area contributed by atoms with E-state index in [0.29, 0.717) is 27.5 Å². The van der Waals surface area contributed by atoms with Crippen LogP contribution in [0.5, 0.6) is 0 Å². The molecular weight excluding hydrogens is 392 g/mol. The Bertz CT molecular complexity index is 1470. The fourth-order valence-electron chi connectivity index (χ4n) is 3.48. The molecule has 29 heavy (non-hydrogen) atoms. The third-order valence-electron chi connectivity index (χ3n) is 4.95. The first-order valence-corrected chi connectivity index (χ1v) is 10.6. The van der Waals surface area contributed by atoms with Crippen LogP contribution in [0, 0.1) is 0 Å². The Morgan fingerprint density at radius 1 is 1.14 bits per heavy atom. The van der Waals surface area contributed by atoms with Crippen molar-refractivity contribution in [3.8, 4) is 0 Å². The lowest BCUT2D eigenvalue weighted by Gasteiger charge is -2.07. The highest BCUT2D eigenvalue weighted by molar-refractivity contribution is 7.90. The van der Waals surface area contributed by atoms with E-state index in [1.165, 1.54) is 10.7 Å². The predicted molar refractivity (Wildman–Crippen MR) is 110 cm³/mol. The van der Waals surface area contributed by atoms with Crippen molar-refractivity contribution in [2.45, 2.75) is 11.4 Å². The van der Waals surface area contributed by atoms with E-state index in [4.69, 9.17) is 5.73 Å². The maximum Gasteiger partial charge on any atom is 0.291 e. The molecule has 0 saturated heterocycles. The molecule has 0 aliphatic heterocycles. The van der Waals surface area contributed by atoms with Gasteiger partial charge >= 0.3 is 0 Å². The molecule has 0 saturated carbocycles. The Balaban J connectivity index is 1.88. The van der Waals surface area contributed by atoms with Gasteiger partial charge in [-0.15, -0.1) is 0 Å². The van der Waals surface area contributed by atoms with Gasteiger partial charge in [0.15, 0.2) is 9.84 Å². The number of hydrogen-bond donors (Lipinski definition) is 1. The van der Waals surface area contributed by atoms with E-state index in [-0.39, 0.29) is 17.0 Å². The minimum absolute atomic E-state index is 0.173. The zero-order valence-electron chi connectivity index (χ0n) is 15.8. The van der Waals surface area contributed by atoms with Crippen LogP contribution in [0.3, 0.4) is 0 Å². The number of nitrogens with zero attached hydrogens (tertiary/aromatic N) is 3. The Labute approximate surface area is 166 Å². The number of rotatable bonds is 4. The minimum Gasteiger partial charge on any atom is -0.366 e. The van der Waals surface area contributed by atoms with Crippen molar-refractivity contribution in [2.75, 3.05) is 6.26 Å². The summed E-state index contributed by atoms with van der Waals surface area (Å²) < 4.78 is 26.7. The van der Waals surface area contributed by atoms with Gasteiger partial charge in [-0.1, -0.05) is 18.2 Å². The van der Waals surface area contributed by atoms with Crippen molar-refractivity contribution in [1.82, 2.24) is 14.3 Å². The van der Waals surface area contributed by atoms with Crippen LogP contribution in [-0.4, -0.2) is 34.9 Å². The summed E-state index contributed by atoms with van der Waals surface area (Å²) in [6, 6.07) is 11.5. The number of nitrogens with two attached hydrogens (primary N) is 1. The van der Waals surface area contributed by atoms with Crippen LogP contribution < -0.4 is 11.3 Å². The lowest BCUT2D eigenvalue weighted by atomic mass is 10.1. The second-order valence-electron chi connectivity index (χ2n) is 6.94. The van der Waals surface area contributed by atoms with Crippen molar-refractivity contribution in [3.63, 3.8) is 0 Å². The van der Waals surface area contributed by atoms with Gasteiger partial charge in [0.05, 0.1) is 23.2 Å². The van der Waals surface area contributed by atoms with Crippen LogP contribution in [0.15, 0.2) is 58.4 Å². The van der Waals surface area contributed by atoms with E-state index in [1.54, 1.807) is 54.2 Å². The fraction of sp³-hybridized carbons (Fsp3) is 0.150. The highest BCUT2D eigenvalue weighted by atomic mass is 32.2. The van der Waals surface area contributed by atoms with Gasteiger partial charge in [0.2, 0.25) is 5.91 Å². The van der Waals surface area contributed by atoms with E-state index >= 15 is 0 Å². The summed E-state index contributed by atoms with van der Waals surface area (Å²) >= 11 is 0. The van der Waals surface area contributed by atoms with Crippen LogP contribution in [0.4, 0.5) is 0 Å². The average Bonchev–Trinajstić information content (AvgIpc) is 2.96. The smallest absolute Gasteiger partial charge is 0.291 e. The van der Waals surface area contributed by atoms with Gasteiger partial charge in [-0.05, 0) is 29.8 Å². The number of aromatic nitrogens is 3. The molecule has 0 bridgehead atoms. The molecule has 4 aromatic rings. The number of amides is 1. The quantitative estimate of drug-likeness (QED) is 0.546. The molecule has 0 aliphatic carbocycles. The molecule has 0 radical (unpaired) electrons. The number of fused-ring (bicyclic) bond motifs is 3. The number of hydrogen-bond acceptors (Lipinski definition) is 5. The van der Waals surface area contributed by atoms with E-state index in [1.807, 2.05) is 0 Å². The lowest BCUT2D eigenvalue weighted by molar-refractivity contribution is 0.1000. The standard InChI is InChI=1S/C20H18N4O4S/c1-23-17-9-14(29(2,27)28)6-7-15(17)16-10-22-24(20(26)18(16)23)11-12-4-3-5-13(8-12)19(21)25/h3-10H,11H2,1-2H3,(H2,21,25). The first-order valence-electron chi connectivity index (χ1n) is 8.74. The summed E-state index contributed by atoms with van der Waals surface area (Å²) in [6.07, 6.45) is 2.74. The van der Waals surface area contributed by atoms with E-state index in [9.17, 15) is 18.0 Å². The number of sulfone groups is 1. The second-order valence-corrected chi connectivity index (χ2v) is 8.96. The van der Waals surface area contributed by atoms with Crippen LogP contribution in [0.25, 0.3) is 21.8 Å². The number of aryl methyl sites for hydroxylation is 1. The molecule has 2 N–H and O–H groups in total. The van der Waals surface area contributed by atoms with Crippen molar-refractivity contribution >= 4 is 37.6 Å². The summed E-state index contributed by atoms with van der Waals surface area (Å²) in [5, 5.41) is 5.67. The van der Waals surface area contributed by atoms with Gasteiger partial charge in [-0.25, -0.2) is 13.1 Å². The Morgan fingerprint density at radius 2 is 1.90 bits per heavy atom. The third kappa shape index (κ3) is 3.19. The molecule has 8 nitrogen and oxygen atoms in total. The average molecular weight is 410 g/mol. The molecule has 2 aromatic heterocycles. The molecule has 0 aliphatic rings. The number of primary amides is 1. The Kier molecular flexibility index (Phi) is 4.27. The molecule has 4 rings (SSSR count). The van der Waals surface area contributed by atoms with Gasteiger partial charge in [0.25, 0.3) is 5.56 Å². The van der Waals surface area contributed by atoms with Crippen LogP contribution in [-0.2, 0) is 23.4 Å². The maximum absolute atomic E-state index is 13.1. The zero-order valence-corrected chi connectivity index (χ0v) is 16.6. The third-order valence-corrected chi connectivity index (χ3v) is 6.06. The summed E-state index contributed by atoms with van der Waals surface area (Å²) in [5.74, 6) is -0.544. The molecule has 2 heterocycles. The first kappa shape index (κ1) is 18.9. The maximum atomic E-state index is 13.1. The van der Waals surface area contributed by atoms with E-state index in [2.05, 4.69) is 5.10 Å². The topological polar surface area (TPSA) is 117 Å². The molecule has 1 amide bonds. The second kappa shape index (κ2) is 6.56. The monoisotopic (exact) mass is 410 g/mol. The van der Waals surface area contributed by atoms with Crippen LogP contribution in [0.2, 0.25) is 0 Å². The highest BCUT2D eigenvalue weighted by Gasteiger charge is 2.17. The van der Waals surface area contributed by atoms with Crippen molar-refractivity contribution in [1.29, 1.82) is 0 Å². The SMILES string of the molecule is Cn1c2cc(S(C)(=O)=O)ccc2c2cnn(Cc3cccc(C(N)=O)c3)c(=O)c21. The molecule has 9 heteroatoms. The number of benzene rings is 2. The van der Waals surface area contributed by atoms with Crippen molar-refractivity contribution < 1.29 is 13.2 Å². The first-order chi connectivity index (χ1) is 13.7. The van der Waals surface area contributed by atoms with Gasteiger partial charge in [0.1, 0.15) is 5.52 Å². The summed E-state index contributed by atoms with van der Waals surface area (Å²) in [6.45, 7) is 0.173. The summed E-state index contributed by atoms with van der Waals surface area (Å²) in [4.78, 5) is 24.7. The van der Waals surface area contributed by atoms with Gasteiger partial charge < -0.3 is 10.3 Å². The van der Waals surface area contributed by atoms with E-state index in [0.717, 1.165) is 11.6 Å². The predicted octanol–water partition coefficient (Wildman–Crippen LogP) is 1.44. The molecular formula is C20H18N4O4S. The Morgan fingerprint density at radius 3 is 2.59 bits per heavy atom. The summed E-state index contributed by atoms with van der Waals surface area (Å²) in [5.41, 5.74) is 7.13. The zero-order chi connectivity index (χ0) is 20.9. The molecule has 2 aromatic carbocycles. The van der Waals surface area contributed by atoms with Gasteiger partial charge in [-0.2, -0.15) is 5.10 Å². The fourth-order valence-corrected chi connectivity index (χ4v) is 4.12. The number of carbonyl (C=O) groups is 1. The normalized spacial score (nSPS) is 11.9. The Hall–Kier alpha value is -3.46. The molecule has 0 atom stereocenters. The van der Waals surface area contributed by atoms with Crippen molar-refractivity contribution in [2.24, 2.45) is 12.8 Å². The van der Waals surface area contributed by atoms with Gasteiger partial charge in [-0.3, -0.25) is 9.59 Å². The number of carbonyl (C=O) groups excluding carboxylic acids is 1. The van der Waals surface area contributed by atoms with Crippen LogP contribution >= 0.6 is 0 Å². The lowest BCUT2D eigenvalue weighted by Crippen LogP contribution is -2.24. The minimum atomic E-state index is -3.37. The van der Waals surface area contributed by atoms with Crippen LogP contribution in [0.1, 0.15) is 15.9 Å². The van der Waals surface area contributed by atoms with Gasteiger partial charge in [0, 0.05) is 29.6 Å². The summed E-state index contributed by atoms with van der Waals surface area (Å²) in [7, 11) is -1.65. The van der Waals surface area contributed by atoms with Crippen molar-refractivity contribution in [3.05, 3.63) is 70.1 Å². The highest BCUT2D eigenvalue weighted by Crippen LogP contribution is 2.27. The van der Waals surface area contributed by atoms with E-state index < -0.39 is 15.7 Å². The molecule has 148 valence electrons. The molecule has 0 unspecified atom stereocenters. The molecule has 0 spiro atoms. The molecule has 0 fully saturated rings. The largest absolute Gasteiger partial charge is 0.366 e.